The van der Waals surface area contributed by atoms with E-state index in [0.29, 0.717) is 10.6 Å². The second kappa shape index (κ2) is 9.08. The Morgan fingerprint density at radius 1 is 0.974 bits per heavy atom. The van der Waals surface area contributed by atoms with E-state index in [9.17, 15) is 37.5 Å². The van der Waals surface area contributed by atoms with E-state index in [0.717, 1.165) is 17.0 Å². The number of alkyl halides is 3. The van der Waals surface area contributed by atoms with Crippen molar-refractivity contribution in [2.24, 2.45) is 5.10 Å². The SMILES string of the molecule is CC(C)N1C(=O)c2ccc(-c3ccc(/C=C4\C(=O)N(c5cccc(C(=O)O)c5)N=C4C(F)(F)F)o3)cc2C1=O. The smallest absolute Gasteiger partial charge is 0.435 e. The van der Waals surface area contributed by atoms with Crippen LogP contribution in [0.2, 0.25) is 0 Å². The van der Waals surface area contributed by atoms with Crippen LogP contribution in [0.4, 0.5) is 18.9 Å². The zero-order valence-corrected chi connectivity index (χ0v) is 20.3. The first-order valence-corrected chi connectivity index (χ1v) is 11.5. The molecule has 2 aliphatic heterocycles. The number of nitrogens with zero attached hydrogens (tertiary/aromatic N) is 3. The van der Waals surface area contributed by atoms with Crippen LogP contribution in [0.25, 0.3) is 17.4 Å². The van der Waals surface area contributed by atoms with Crippen LogP contribution in [0.15, 0.2) is 69.7 Å². The van der Waals surface area contributed by atoms with E-state index >= 15 is 0 Å². The highest BCUT2D eigenvalue weighted by Crippen LogP contribution is 2.35. The number of benzene rings is 2. The summed E-state index contributed by atoms with van der Waals surface area (Å²) in [7, 11) is 0. The molecule has 2 aliphatic rings. The summed E-state index contributed by atoms with van der Waals surface area (Å²) in [6.07, 6.45) is -4.10. The van der Waals surface area contributed by atoms with Crippen LogP contribution in [0, 0.1) is 0 Å². The number of anilines is 1. The number of imide groups is 1. The zero-order chi connectivity index (χ0) is 28.2. The topological polar surface area (TPSA) is 120 Å². The molecule has 0 radical (unpaired) electrons. The molecule has 198 valence electrons. The van der Waals surface area contributed by atoms with Crippen LogP contribution in [-0.4, -0.2) is 51.6 Å². The minimum atomic E-state index is -4.99. The summed E-state index contributed by atoms with van der Waals surface area (Å²) in [6.45, 7) is 3.42. The second-order valence-electron chi connectivity index (χ2n) is 9.01. The molecule has 3 aromatic rings. The molecule has 9 nitrogen and oxygen atoms in total. The number of carboxylic acids is 1. The van der Waals surface area contributed by atoms with Crippen LogP contribution in [0.5, 0.6) is 0 Å². The lowest BCUT2D eigenvalue weighted by Crippen LogP contribution is -2.35. The third-order valence-electron chi connectivity index (χ3n) is 6.12. The van der Waals surface area contributed by atoms with Crippen molar-refractivity contribution in [2.75, 3.05) is 5.01 Å². The number of carbonyl (C=O) groups is 4. The Morgan fingerprint density at radius 2 is 1.69 bits per heavy atom. The van der Waals surface area contributed by atoms with E-state index in [1.54, 1.807) is 19.9 Å². The molecular weight excluding hydrogens is 519 g/mol. The Hall–Kier alpha value is -5.00. The molecule has 0 fully saturated rings. The molecule has 1 N–H and O–H groups in total. The van der Waals surface area contributed by atoms with Crippen molar-refractivity contribution >= 4 is 41.2 Å². The van der Waals surface area contributed by atoms with E-state index in [1.165, 1.54) is 42.5 Å². The van der Waals surface area contributed by atoms with Crippen molar-refractivity contribution < 1.29 is 41.9 Å². The normalized spacial score (nSPS) is 16.5. The molecule has 0 saturated heterocycles. The molecule has 12 heteroatoms. The Bertz CT molecular complexity index is 1630. The van der Waals surface area contributed by atoms with E-state index in [1.807, 2.05) is 0 Å². The Kier molecular flexibility index (Phi) is 5.97. The fourth-order valence-electron chi connectivity index (χ4n) is 4.31. The molecule has 39 heavy (non-hydrogen) atoms. The summed E-state index contributed by atoms with van der Waals surface area (Å²) in [5.74, 6) is -3.24. The largest absolute Gasteiger partial charge is 0.478 e. The van der Waals surface area contributed by atoms with Gasteiger partial charge in [0, 0.05) is 11.6 Å². The van der Waals surface area contributed by atoms with Gasteiger partial charge in [-0.25, -0.2) is 4.79 Å². The molecule has 0 saturated carbocycles. The molecule has 3 amide bonds. The Labute approximate surface area is 218 Å². The first-order chi connectivity index (χ1) is 18.4. The quantitative estimate of drug-likeness (QED) is 0.361. The second-order valence-corrected chi connectivity index (χ2v) is 9.01. The van der Waals surface area contributed by atoms with Gasteiger partial charge in [-0.2, -0.15) is 23.3 Å². The van der Waals surface area contributed by atoms with Crippen molar-refractivity contribution in [3.63, 3.8) is 0 Å². The molecule has 0 bridgehead atoms. The maximum atomic E-state index is 13.8. The number of hydrogen-bond donors (Lipinski definition) is 1. The van der Waals surface area contributed by atoms with Crippen LogP contribution < -0.4 is 5.01 Å². The summed E-state index contributed by atoms with van der Waals surface area (Å²) in [6, 6.07) is 11.7. The number of fused-ring (bicyclic) bond motifs is 1. The first-order valence-electron chi connectivity index (χ1n) is 11.5. The third-order valence-corrected chi connectivity index (χ3v) is 6.12. The third kappa shape index (κ3) is 4.39. The number of carbonyl (C=O) groups excluding carboxylic acids is 3. The van der Waals surface area contributed by atoms with Gasteiger partial charge in [-0.15, -0.1) is 0 Å². The van der Waals surface area contributed by atoms with Gasteiger partial charge in [0.05, 0.1) is 28.0 Å². The van der Waals surface area contributed by atoms with Gasteiger partial charge in [-0.3, -0.25) is 19.3 Å². The van der Waals surface area contributed by atoms with Gasteiger partial charge in [-0.1, -0.05) is 12.1 Å². The lowest BCUT2D eigenvalue weighted by Gasteiger charge is -2.17. The van der Waals surface area contributed by atoms with Gasteiger partial charge in [0.25, 0.3) is 17.7 Å². The fourth-order valence-corrected chi connectivity index (χ4v) is 4.31. The molecule has 0 unspecified atom stereocenters. The average Bonchev–Trinajstić information content (AvgIpc) is 3.54. The van der Waals surface area contributed by atoms with Crippen molar-refractivity contribution in [3.05, 3.63) is 82.6 Å². The van der Waals surface area contributed by atoms with Gasteiger partial charge in [0.15, 0.2) is 5.71 Å². The monoisotopic (exact) mass is 537 g/mol. The maximum Gasteiger partial charge on any atom is 0.435 e. The summed E-state index contributed by atoms with van der Waals surface area (Å²) in [5, 5.41) is 13.1. The number of amides is 3. The summed E-state index contributed by atoms with van der Waals surface area (Å²) >= 11 is 0. The van der Waals surface area contributed by atoms with Crippen molar-refractivity contribution in [1.29, 1.82) is 0 Å². The van der Waals surface area contributed by atoms with Gasteiger partial charge in [0.2, 0.25) is 0 Å². The molecule has 5 rings (SSSR count). The molecule has 1 aromatic heterocycles. The fraction of sp³-hybridized carbons (Fsp3) is 0.148. The lowest BCUT2D eigenvalue weighted by molar-refractivity contribution is -0.114. The van der Waals surface area contributed by atoms with Crippen molar-refractivity contribution in [3.8, 4) is 11.3 Å². The standard InChI is InChI=1S/C27H18F3N3O6/c1-13(2)32-23(34)18-8-6-14(11-19(18)24(32)35)21-9-7-17(39-21)12-20-22(27(28,29)30)31-33(25(20)36)16-5-3-4-15(10-16)26(37)38/h3-13H,1-2H3,(H,37,38)/b20-12-. The molecular formula is C27H18F3N3O6. The van der Waals surface area contributed by atoms with Crippen LogP contribution in [0.1, 0.15) is 50.7 Å². The van der Waals surface area contributed by atoms with E-state index in [4.69, 9.17) is 4.42 Å². The van der Waals surface area contributed by atoms with Gasteiger partial charge >= 0.3 is 12.1 Å². The van der Waals surface area contributed by atoms with Crippen LogP contribution in [0.3, 0.4) is 0 Å². The predicted molar refractivity (Wildman–Crippen MR) is 132 cm³/mol. The van der Waals surface area contributed by atoms with Crippen LogP contribution >= 0.6 is 0 Å². The summed E-state index contributed by atoms with van der Waals surface area (Å²) in [5.41, 5.74) is -1.84. The number of carboxylic acid groups (broad SMARTS) is 1. The van der Waals surface area contributed by atoms with E-state index in [-0.39, 0.29) is 39.9 Å². The number of rotatable bonds is 5. The van der Waals surface area contributed by atoms with Gasteiger partial charge in [-0.05, 0) is 62.4 Å². The Morgan fingerprint density at radius 3 is 2.36 bits per heavy atom. The average molecular weight is 537 g/mol. The van der Waals surface area contributed by atoms with Gasteiger partial charge < -0.3 is 9.52 Å². The minimum absolute atomic E-state index is 0.0989. The van der Waals surface area contributed by atoms with E-state index < -0.39 is 41.2 Å². The van der Waals surface area contributed by atoms with Gasteiger partial charge in [0.1, 0.15) is 11.5 Å². The lowest BCUT2D eigenvalue weighted by atomic mass is 10.0. The number of halogens is 3. The number of hydrogen-bond acceptors (Lipinski definition) is 6. The van der Waals surface area contributed by atoms with Crippen LogP contribution in [-0.2, 0) is 4.79 Å². The highest BCUT2D eigenvalue weighted by Gasteiger charge is 2.47. The molecule has 2 aromatic carbocycles. The van der Waals surface area contributed by atoms with Crippen molar-refractivity contribution in [2.45, 2.75) is 26.1 Å². The van der Waals surface area contributed by atoms with Crippen molar-refractivity contribution in [1.82, 2.24) is 4.90 Å². The zero-order valence-electron chi connectivity index (χ0n) is 20.3. The predicted octanol–water partition coefficient (Wildman–Crippen LogP) is 5.00. The summed E-state index contributed by atoms with van der Waals surface area (Å²) < 4.78 is 47.1. The molecule has 0 atom stereocenters. The minimum Gasteiger partial charge on any atom is -0.478 e. The molecule has 3 heterocycles. The highest BCUT2D eigenvalue weighted by atomic mass is 19.4. The Balaban J connectivity index is 1.49. The maximum absolute atomic E-state index is 13.8. The number of hydrazone groups is 1. The number of aromatic carboxylic acids is 1. The first kappa shape index (κ1) is 25.6. The molecule has 0 spiro atoms. The highest BCUT2D eigenvalue weighted by molar-refractivity contribution is 6.34. The molecule has 0 aliphatic carbocycles. The summed E-state index contributed by atoms with van der Waals surface area (Å²) in [4.78, 5) is 50.6. The van der Waals surface area contributed by atoms with E-state index in [2.05, 4.69) is 5.10 Å². The number of furan rings is 1.